The predicted octanol–water partition coefficient (Wildman–Crippen LogP) is 4.43. The molecule has 1 saturated heterocycles. The molecule has 2 aromatic heterocycles. The summed E-state index contributed by atoms with van der Waals surface area (Å²) in [7, 11) is 0. The van der Waals surface area contributed by atoms with E-state index in [4.69, 9.17) is 29.5 Å². The van der Waals surface area contributed by atoms with Crippen molar-refractivity contribution in [2.24, 2.45) is 0 Å². The minimum absolute atomic E-state index is 0.0255. The Kier molecular flexibility index (Phi) is 2.41. The maximum Gasteiger partial charge on any atom is 0.162 e. The molecule has 5 nitrogen and oxygen atoms in total. The summed E-state index contributed by atoms with van der Waals surface area (Å²) < 4.78 is 123. The summed E-state index contributed by atoms with van der Waals surface area (Å²) in [6.45, 7) is -5.32. The highest BCUT2D eigenvalue weighted by Gasteiger charge is 2.21. The van der Waals surface area contributed by atoms with Gasteiger partial charge >= 0.3 is 0 Å². The molecule has 0 saturated carbocycles. The molecule has 1 aliphatic rings. The van der Waals surface area contributed by atoms with E-state index in [2.05, 4.69) is 9.97 Å². The van der Waals surface area contributed by atoms with Gasteiger partial charge in [0.1, 0.15) is 30.2 Å². The number of fused-ring (bicyclic) bond motifs is 1. The maximum atomic E-state index is 14.3. The number of halogens is 2. The van der Waals surface area contributed by atoms with Crippen LogP contribution in [-0.2, 0) is 6.50 Å². The van der Waals surface area contributed by atoms with Crippen molar-refractivity contribution >= 4 is 39.0 Å². The van der Waals surface area contributed by atoms with Crippen molar-refractivity contribution in [1.29, 1.82) is 5.26 Å². The van der Waals surface area contributed by atoms with Gasteiger partial charge in [0, 0.05) is 33.8 Å². The average Bonchev–Trinajstić information content (AvgIpc) is 3.12. The number of nitrogens with one attached hydrogen (secondary N) is 1. The standard InChI is InChI=1S/C19H17ClFN5S/c20-17-8-15-18(23-11-24-19(15)27-17)25-14-3-5-26(6-4-14)10-12-1-2-16(21)13(7-12)9-22/h1-2,7-8,11,14H,3-6,10H2,(H,23,24,25)/i1D,2D,3D2,4D2,7D,8D,10D2,11D,14D/hD. The summed E-state index contributed by atoms with van der Waals surface area (Å²) in [5, 5.41) is 9.09. The molecule has 138 valence electrons. The molecule has 3 aromatic rings. The molecule has 0 amide bonds. The van der Waals surface area contributed by atoms with Crippen molar-refractivity contribution in [3.05, 3.63) is 51.8 Å². The van der Waals surface area contributed by atoms with E-state index in [0.29, 0.717) is 4.90 Å². The van der Waals surface area contributed by atoms with Crippen molar-refractivity contribution in [2.45, 2.75) is 25.3 Å². The van der Waals surface area contributed by atoms with E-state index in [1.807, 2.05) is 0 Å². The number of piperidine rings is 1. The average molecular weight is 415 g/mol. The topological polar surface area (TPSA) is 64.8 Å². The smallest absolute Gasteiger partial charge is 0.162 e. The third kappa shape index (κ3) is 4.03. The fraction of sp³-hybridized carbons (Fsp3) is 0.316. The molecule has 1 aliphatic heterocycles. The predicted molar refractivity (Wildman–Crippen MR) is 105 cm³/mol. The lowest BCUT2D eigenvalue weighted by Crippen LogP contribution is -2.38. The first kappa shape index (κ1) is 8.39. The quantitative estimate of drug-likeness (QED) is 0.684. The van der Waals surface area contributed by atoms with E-state index in [0.717, 1.165) is 11.3 Å². The van der Waals surface area contributed by atoms with Crippen LogP contribution in [0.4, 0.5) is 10.2 Å². The van der Waals surface area contributed by atoms with Gasteiger partial charge < -0.3 is 5.31 Å². The van der Waals surface area contributed by atoms with E-state index < -0.39 is 85.5 Å². The molecule has 4 rings (SSSR count). The molecule has 0 bridgehead atoms. The number of hydrogen-bond acceptors (Lipinski definition) is 6. The summed E-state index contributed by atoms with van der Waals surface area (Å²) in [5.74, 6) is -2.15. The van der Waals surface area contributed by atoms with E-state index in [9.17, 15) is 9.65 Å². The molecule has 27 heavy (non-hydrogen) atoms. The zero-order chi connectivity index (χ0) is 30.3. The number of hydrogen-bond donors (Lipinski definition) is 1. The van der Waals surface area contributed by atoms with Crippen molar-refractivity contribution in [3.63, 3.8) is 0 Å². The minimum atomic E-state index is -3.18. The molecule has 0 aliphatic carbocycles. The number of nitriles is 1. The lowest BCUT2D eigenvalue weighted by molar-refractivity contribution is 0.211. The molecule has 1 N–H and O–H groups in total. The Morgan fingerprint density at radius 1 is 1.52 bits per heavy atom. The number of thiophene rings is 1. The van der Waals surface area contributed by atoms with E-state index >= 15 is 0 Å². The van der Waals surface area contributed by atoms with Crippen LogP contribution in [0.3, 0.4) is 0 Å². The second kappa shape index (κ2) is 7.77. The van der Waals surface area contributed by atoms with Crippen LogP contribution in [0.5, 0.6) is 0 Å². The molecule has 1 fully saturated rings. The highest BCUT2D eigenvalue weighted by molar-refractivity contribution is 7.22. The first-order valence-electron chi connectivity index (χ1n) is 13.9. The summed E-state index contributed by atoms with van der Waals surface area (Å²) in [6.07, 6.45) is -6.92. The normalized spacial score (nSPS) is 28.1. The third-order valence-electron chi connectivity index (χ3n) is 3.40. The molecule has 3 heterocycles. The van der Waals surface area contributed by atoms with E-state index in [-0.39, 0.29) is 25.9 Å². The third-order valence-corrected chi connectivity index (χ3v) is 4.49. The van der Waals surface area contributed by atoms with Gasteiger partial charge in [0.2, 0.25) is 0 Å². The molecule has 0 spiro atoms. The van der Waals surface area contributed by atoms with Crippen LogP contribution >= 0.6 is 22.9 Å². The van der Waals surface area contributed by atoms with Crippen molar-refractivity contribution in [3.8, 4) is 6.07 Å². The largest absolute Gasteiger partial charge is 0.367 e. The van der Waals surface area contributed by atoms with Crippen LogP contribution < -0.4 is 5.31 Å². The second-order valence-electron chi connectivity index (χ2n) is 5.16. The number of likely N-dealkylation sites (tertiary alicyclic amines) is 1. The summed E-state index contributed by atoms with van der Waals surface area (Å²) in [4.78, 5) is 8.05. The first-order chi connectivity index (χ1) is 18.2. The lowest BCUT2D eigenvalue weighted by atomic mass is 10.0. The first-order valence-corrected chi connectivity index (χ1v) is 8.61. The number of aromatic nitrogens is 2. The number of anilines is 1. The number of rotatable bonds is 4. The fourth-order valence-electron chi connectivity index (χ4n) is 2.20. The van der Waals surface area contributed by atoms with Crippen molar-refractivity contribution in [1.82, 2.24) is 14.9 Å². The van der Waals surface area contributed by atoms with Crippen molar-refractivity contribution < 1.29 is 22.3 Å². The Bertz CT molecular complexity index is 1580. The maximum absolute atomic E-state index is 14.3. The van der Waals surface area contributed by atoms with E-state index in [1.165, 1.54) is 6.07 Å². The second-order valence-corrected chi connectivity index (χ2v) is 6.76. The SMILES string of the molecule is [2H]c1nc(N([2H])C2([2H])C([2H])([2H])CN(C([2H])([2H])c3c([2H])c([2H])c(F)c(C#N)c3[2H])CC2([2H])[2H])c2c([2H])c(Cl)sc2n1. The molecular weight excluding hydrogens is 385 g/mol. The van der Waals surface area contributed by atoms with Gasteiger partial charge in [-0.25, -0.2) is 14.4 Å². The zero-order valence-corrected chi connectivity index (χ0v) is 14.9. The Hall–Kier alpha value is -2.27. The van der Waals surface area contributed by atoms with Crippen LogP contribution in [0.1, 0.15) is 40.3 Å². The van der Waals surface area contributed by atoms with Crippen LogP contribution in [0.15, 0.2) is 30.5 Å². The summed E-state index contributed by atoms with van der Waals surface area (Å²) in [6, 6.07) is -5.57. The molecule has 1 aromatic carbocycles. The van der Waals surface area contributed by atoms with Gasteiger partial charge in [0.15, 0.2) is 1.41 Å². The van der Waals surface area contributed by atoms with Crippen LogP contribution in [0.25, 0.3) is 10.2 Å². The van der Waals surface area contributed by atoms with Gasteiger partial charge in [-0.3, -0.25) is 4.90 Å². The lowest BCUT2D eigenvalue weighted by Gasteiger charge is -2.32. The van der Waals surface area contributed by atoms with Crippen LogP contribution in [-0.4, -0.2) is 34.0 Å². The van der Waals surface area contributed by atoms with Gasteiger partial charge in [-0.15, -0.1) is 11.3 Å². The Balaban J connectivity index is 1.86. The Morgan fingerprint density at radius 2 is 2.33 bits per heavy atom. The number of benzene rings is 1. The van der Waals surface area contributed by atoms with Gasteiger partial charge in [0.05, 0.1) is 22.1 Å². The van der Waals surface area contributed by atoms with Crippen LogP contribution in [0, 0.1) is 17.1 Å². The summed E-state index contributed by atoms with van der Waals surface area (Å²) in [5.41, 5.74) is -1.99. The van der Waals surface area contributed by atoms with Gasteiger partial charge in [-0.2, -0.15) is 5.26 Å². The molecule has 0 unspecified atom stereocenters. The highest BCUT2D eigenvalue weighted by Crippen LogP contribution is 2.32. The van der Waals surface area contributed by atoms with Gasteiger partial charge in [0.25, 0.3) is 0 Å². The fourth-order valence-corrected chi connectivity index (χ4v) is 3.17. The minimum Gasteiger partial charge on any atom is -0.367 e. The van der Waals surface area contributed by atoms with Crippen molar-refractivity contribution in [2.75, 3.05) is 18.4 Å². The van der Waals surface area contributed by atoms with E-state index in [1.54, 1.807) is 0 Å². The number of nitrogens with zero attached hydrogens (tertiary/aromatic N) is 4. The monoisotopic (exact) mass is 414 g/mol. The zero-order valence-electron chi connectivity index (χ0n) is 26.3. The van der Waals surface area contributed by atoms with Crippen LogP contribution in [0.2, 0.25) is 5.75 Å². The highest BCUT2D eigenvalue weighted by atomic mass is 35.5. The molecular formula is C19H17ClFN5S. The van der Waals surface area contributed by atoms with Gasteiger partial charge in [-0.05, 0) is 36.4 Å². The Morgan fingerprint density at radius 3 is 3.11 bits per heavy atom. The molecule has 0 atom stereocenters. The Labute approximate surface area is 183 Å². The van der Waals surface area contributed by atoms with Gasteiger partial charge in [-0.1, -0.05) is 17.6 Å². The molecule has 8 heteroatoms. The molecule has 0 radical (unpaired) electrons. The summed E-state index contributed by atoms with van der Waals surface area (Å²) >= 11 is 6.77.